The zero-order valence-electron chi connectivity index (χ0n) is 17.6. The molecular weight excluding hydrogens is 488 g/mol. The lowest BCUT2D eigenvalue weighted by Crippen LogP contribution is -2.26. The van der Waals surface area contributed by atoms with Crippen LogP contribution in [0.5, 0.6) is 0 Å². The molecule has 0 aliphatic rings. The summed E-state index contributed by atoms with van der Waals surface area (Å²) in [4.78, 5) is 0. The van der Waals surface area contributed by atoms with Crippen molar-refractivity contribution in [1.82, 2.24) is 0 Å². The number of hydrogen-bond donors (Lipinski definition) is 0. The molecule has 2 atom stereocenters. The van der Waals surface area contributed by atoms with Gasteiger partial charge in [0, 0.05) is 10.7 Å². The fourth-order valence-corrected chi connectivity index (χ4v) is 4.54. The summed E-state index contributed by atoms with van der Waals surface area (Å²) in [5, 5.41) is 2.20. The normalized spacial score (nSPS) is 13.3. The van der Waals surface area contributed by atoms with Crippen molar-refractivity contribution in [2.45, 2.75) is 76.4 Å². The molecule has 0 aliphatic heterocycles. The third kappa shape index (κ3) is 11.4. The topological polar surface area (TPSA) is 9.23 Å². The highest BCUT2D eigenvalue weighted by Gasteiger charge is 2.18. The van der Waals surface area contributed by atoms with Gasteiger partial charge in [0.2, 0.25) is 0 Å². The molecule has 0 radical (unpaired) electrons. The Kier molecular flexibility index (Phi) is 13.7. The van der Waals surface area contributed by atoms with E-state index in [4.69, 9.17) is 4.74 Å². The molecule has 0 saturated heterocycles. The van der Waals surface area contributed by atoms with Crippen LogP contribution in [0.15, 0.2) is 60.7 Å². The molecule has 2 unspecified atom stereocenters. The van der Waals surface area contributed by atoms with Crippen molar-refractivity contribution in [3.05, 3.63) is 71.8 Å². The van der Waals surface area contributed by atoms with E-state index in [1.54, 1.807) is 0 Å². The molecule has 3 heteroatoms. The van der Waals surface area contributed by atoms with Gasteiger partial charge in [0.25, 0.3) is 0 Å². The minimum atomic E-state index is 0.303. The van der Waals surface area contributed by atoms with E-state index >= 15 is 0 Å². The minimum Gasteiger partial charge on any atom is -0.374 e. The number of hydrogen-bond acceptors (Lipinski definition) is 1. The lowest BCUT2D eigenvalue weighted by atomic mass is 10.00. The monoisotopic (exact) mass is 522 g/mol. The molecule has 0 aliphatic carbocycles. The summed E-state index contributed by atoms with van der Waals surface area (Å²) in [5.74, 6) is 0. The molecule has 0 saturated carbocycles. The van der Waals surface area contributed by atoms with Crippen molar-refractivity contribution < 1.29 is 4.74 Å². The summed E-state index contributed by atoms with van der Waals surface area (Å²) in [5.41, 5.74) is 2.77. The van der Waals surface area contributed by atoms with E-state index in [-0.39, 0.29) is 0 Å². The first-order valence-corrected chi connectivity index (χ1v) is 13.4. The molecule has 160 valence electrons. The van der Waals surface area contributed by atoms with Crippen molar-refractivity contribution >= 4 is 31.9 Å². The van der Waals surface area contributed by atoms with Crippen LogP contribution in [0.3, 0.4) is 0 Å². The van der Waals surface area contributed by atoms with E-state index in [1.165, 1.54) is 49.7 Å². The molecule has 0 heterocycles. The summed E-state index contributed by atoms with van der Waals surface area (Å²) < 4.78 is 6.80. The molecule has 1 nitrogen and oxygen atoms in total. The highest BCUT2D eigenvalue weighted by atomic mass is 79.9. The SMILES string of the molecule is BrCCCCCC(Cc1ccccc1)OC(CCCCCBr)Cc1ccccc1. The first-order valence-electron chi connectivity index (χ1n) is 11.2. The zero-order valence-corrected chi connectivity index (χ0v) is 20.7. The Balaban J connectivity index is 1.99. The number of unbranched alkanes of at least 4 members (excludes halogenated alkanes) is 4. The van der Waals surface area contributed by atoms with Crippen LogP contribution in [0.25, 0.3) is 0 Å². The molecule has 0 fully saturated rings. The molecule has 0 bridgehead atoms. The van der Waals surface area contributed by atoms with Gasteiger partial charge in [0.15, 0.2) is 0 Å². The Morgan fingerprint density at radius 2 is 0.966 bits per heavy atom. The molecule has 2 aromatic rings. The van der Waals surface area contributed by atoms with Gasteiger partial charge < -0.3 is 4.74 Å². The largest absolute Gasteiger partial charge is 0.374 e. The molecule has 29 heavy (non-hydrogen) atoms. The summed E-state index contributed by atoms with van der Waals surface area (Å²) in [7, 11) is 0. The fourth-order valence-electron chi connectivity index (χ4n) is 3.75. The number of halogens is 2. The van der Waals surface area contributed by atoms with Crippen LogP contribution in [-0.2, 0) is 17.6 Å². The second-order valence-corrected chi connectivity index (χ2v) is 9.42. The fraction of sp³-hybridized carbons (Fsp3) is 0.538. The van der Waals surface area contributed by atoms with Gasteiger partial charge >= 0.3 is 0 Å². The summed E-state index contributed by atoms with van der Waals surface area (Å²) in [6.45, 7) is 0. The van der Waals surface area contributed by atoms with Crippen LogP contribution in [0.4, 0.5) is 0 Å². The third-order valence-electron chi connectivity index (χ3n) is 5.32. The number of rotatable bonds is 16. The Morgan fingerprint density at radius 1 is 0.552 bits per heavy atom. The smallest absolute Gasteiger partial charge is 0.0619 e. The second-order valence-electron chi connectivity index (χ2n) is 7.84. The maximum absolute atomic E-state index is 6.80. The molecule has 2 aromatic carbocycles. The Bertz CT molecular complexity index is 562. The van der Waals surface area contributed by atoms with Crippen LogP contribution >= 0.6 is 31.9 Å². The first-order chi connectivity index (χ1) is 14.3. The lowest BCUT2D eigenvalue weighted by Gasteiger charge is -2.26. The van der Waals surface area contributed by atoms with E-state index < -0.39 is 0 Å². The van der Waals surface area contributed by atoms with Crippen LogP contribution in [0.1, 0.15) is 62.5 Å². The summed E-state index contributed by atoms with van der Waals surface area (Å²) >= 11 is 7.11. The van der Waals surface area contributed by atoms with Gasteiger partial charge in [-0.1, -0.05) is 118 Å². The molecule has 0 N–H and O–H groups in total. The van der Waals surface area contributed by atoms with E-state index in [0.29, 0.717) is 12.2 Å². The molecule has 0 aromatic heterocycles. The van der Waals surface area contributed by atoms with Gasteiger partial charge in [-0.2, -0.15) is 0 Å². The van der Waals surface area contributed by atoms with Crippen LogP contribution in [0.2, 0.25) is 0 Å². The minimum absolute atomic E-state index is 0.303. The van der Waals surface area contributed by atoms with E-state index in [0.717, 1.165) is 36.3 Å². The number of alkyl halides is 2. The predicted octanol–water partition coefficient (Wildman–Crippen LogP) is 8.14. The molecular formula is C26H36Br2O. The van der Waals surface area contributed by atoms with Crippen molar-refractivity contribution in [3.8, 4) is 0 Å². The highest BCUT2D eigenvalue weighted by Crippen LogP contribution is 2.20. The van der Waals surface area contributed by atoms with Crippen molar-refractivity contribution in [2.24, 2.45) is 0 Å². The Labute approximate surface area is 194 Å². The first kappa shape index (κ1) is 24.6. The van der Waals surface area contributed by atoms with Gasteiger partial charge in [-0.05, 0) is 49.7 Å². The average molecular weight is 524 g/mol. The van der Waals surface area contributed by atoms with Gasteiger partial charge in [-0.3, -0.25) is 0 Å². The van der Waals surface area contributed by atoms with Crippen molar-refractivity contribution in [1.29, 1.82) is 0 Å². The number of benzene rings is 2. The average Bonchev–Trinajstić information content (AvgIpc) is 2.75. The second kappa shape index (κ2) is 16.1. The van der Waals surface area contributed by atoms with Crippen LogP contribution < -0.4 is 0 Å². The van der Waals surface area contributed by atoms with Crippen molar-refractivity contribution in [2.75, 3.05) is 10.7 Å². The molecule has 0 amide bonds. The lowest BCUT2D eigenvalue weighted by molar-refractivity contribution is -0.0216. The molecule has 2 rings (SSSR count). The van der Waals surface area contributed by atoms with Gasteiger partial charge in [0.1, 0.15) is 0 Å². The van der Waals surface area contributed by atoms with E-state index in [1.807, 2.05) is 0 Å². The zero-order chi connectivity index (χ0) is 20.6. The Hall–Kier alpha value is -0.640. The van der Waals surface area contributed by atoms with E-state index in [9.17, 15) is 0 Å². The van der Waals surface area contributed by atoms with Gasteiger partial charge in [-0.25, -0.2) is 0 Å². The maximum Gasteiger partial charge on any atom is 0.0619 e. The quantitative estimate of drug-likeness (QED) is 0.159. The van der Waals surface area contributed by atoms with Crippen molar-refractivity contribution in [3.63, 3.8) is 0 Å². The van der Waals surface area contributed by atoms with Gasteiger partial charge in [0.05, 0.1) is 12.2 Å². The third-order valence-corrected chi connectivity index (χ3v) is 6.44. The number of ether oxygens (including phenoxy) is 1. The Morgan fingerprint density at radius 3 is 1.34 bits per heavy atom. The van der Waals surface area contributed by atoms with Gasteiger partial charge in [-0.15, -0.1) is 0 Å². The van der Waals surface area contributed by atoms with E-state index in [2.05, 4.69) is 92.5 Å². The predicted molar refractivity (Wildman–Crippen MR) is 133 cm³/mol. The molecule has 0 spiro atoms. The van der Waals surface area contributed by atoms with Crippen LogP contribution in [-0.4, -0.2) is 22.9 Å². The maximum atomic E-state index is 6.80. The van der Waals surface area contributed by atoms with Crippen LogP contribution in [0, 0.1) is 0 Å². The summed E-state index contributed by atoms with van der Waals surface area (Å²) in [6.07, 6.45) is 12.5. The highest BCUT2D eigenvalue weighted by molar-refractivity contribution is 9.09. The standard InChI is InChI=1S/C26H36Br2O/c27-19-11-3-9-17-25(21-23-13-5-1-6-14-23)29-26(18-10-4-12-20-28)22-24-15-7-2-8-16-24/h1-2,5-8,13-16,25-26H,3-4,9-12,17-22H2. The summed E-state index contributed by atoms with van der Waals surface area (Å²) in [6, 6.07) is 21.7.